The van der Waals surface area contributed by atoms with Crippen molar-refractivity contribution in [2.75, 3.05) is 0 Å². The topological polar surface area (TPSA) is 26.0 Å². The number of halogens is 3. The minimum atomic E-state index is -4.08. The second-order valence-corrected chi connectivity index (χ2v) is 3.10. The molecule has 1 nitrogen and oxygen atoms in total. The highest BCUT2D eigenvalue weighted by atomic mass is 19.4. The highest BCUT2D eigenvalue weighted by Gasteiger charge is 2.43. The first-order valence-corrected chi connectivity index (χ1v) is 3.84. The molecule has 0 heterocycles. The standard InChI is InChI=1S/C7H12F3N/c8-7(9,10)5-3-1-2-4-6(5)11/h5-6H,1-4,11H2/t5-,6-/m0/s1. The van der Waals surface area contributed by atoms with Gasteiger partial charge < -0.3 is 5.73 Å². The van der Waals surface area contributed by atoms with Crippen LogP contribution in [0.3, 0.4) is 0 Å². The summed E-state index contributed by atoms with van der Waals surface area (Å²) in [7, 11) is 0. The van der Waals surface area contributed by atoms with Crippen molar-refractivity contribution < 1.29 is 13.2 Å². The zero-order chi connectivity index (χ0) is 8.48. The van der Waals surface area contributed by atoms with Crippen LogP contribution in [-0.2, 0) is 0 Å². The van der Waals surface area contributed by atoms with Crippen LogP contribution < -0.4 is 5.73 Å². The molecule has 0 aromatic rings. The molecule has 2 atom stereocenters. The highest BCUT2D eigenvalue weighted by Crippen LogP contribution is 2.36. The molecule has 0 aromatic heterocycles. The van der Waals surface area contributed by atoms with Crippen molar-refractivity contribution in [1.82, 2.24) is 0 Å². The minimum absolute atomic E-state index is 0.213. The molecule has 11 heavy (non-hydrogen) atoms. The van der Waals surface area contributed by atoms with E-state index in [4.69, 9.17) is 5.73 Å². The van der Waals surface area contributed by atoms with Crippen molar-refractivity contribution in [2.24, 2.45) is 11.7 Å². The molecular weight excluding hydrogens is 155 g/mol. The number of hydrogen-bond acceptors (Lipinski definition) is 1. The molecule has 0 radical (unpaired) electrons. The molecule has 1 fully saturated rings. The third-order valence-corrected chi connectivity index (χ3v) is 2.24. The van der Waals surface area contributed by atoms with Gasteiger partial charge in [-0.25, -0.2) is 0 Å². The summed E-state index contributed by atoms with van der Waals surface area (Å²) in [6.07, 6.45) is -1.85. The van der Waals surface area contributed by atoms with Crippen LogP contribution in [0, 0.1) is 5.92 Å². The summed E-state index contributed by atoms with van der Waals surface area (Å²) >= 11 is 0. The molecule has 4 heteroatoms. The van der Waals surface area contributed by atoms with Crippen LogP contribution in [0.25, 0.3) is 0 Å². The smallest absolute Gasteiger partial charge is 0.327 e. The Morgan fingerprint density at radius 3 is 2.00 bits per heavy atom. The molecule has 1 aliphatic carbocycles. The molecule has 1 rings (SSSR count). The van der Waals surface area contributed by atoms with Crippen molar-refractivity contribution in [3.05, 3.63) is 0 Å². The van der Waals surface area contributed by atoms with E-state index in [1.165, 1.54) is 0 Å². The summed E-state index contributed by atoms with van der Waals surface area (Å²) in [6, 6.07) is -0.663. The van der Waals surface area contributed by atoms with Crippen molar-refractivity contribution in [1.29, 1.82) is 0 Å². The van der Waals surface area contributed by atoms with Crippen molar-refractivity contribution in [2.45, 2.75) is 37.9 Å². The average Bonchev–Trinajstić information content (AvgIpc) is 1.86. The quantitative estimate of drug-likeness (QED) is 0.587. The number of nitrogens with two attached hydrogens (primary N) is 1. The van der Waals surface area contributed by atoms with Gasteiger partial charge in [0.2, 0.25) is 0 Å². The maximum atomic E-state index is 12.1. The lowest BCUT2D eigenvalue weighted by Gasteiger charge is -2.29. The summed E-state index contributed by atoms with van der Waals surface area (Å²) in [5.41, 5.74) is 5.35. The van der Waals surface area contributed by atoms with Gasteiger partial charge in [-0.2, -0.15) is 13.2 Å². The molecule has 1 aliphatic rings. The summed E-state index contributed by atoms with van der Waals surface area (Å²) in [5, 5.41) is 0. The van der Waals surface area contributed by atoms with Gasteiger partial charge in [-0.1, -0.05) is 12.8 Å². The molecule has 0 spiro atoms. The summed E-state index contributed by atoms with van der Waals surface area (Å²) in [4.78, 5) is 0. The fraction of sp³-hybridized carbons (Fsp3) is 1.00. The number of hydrogen-bond donors (Lipinski definition) is 1. The maximum absolute atomic E-state index is 12.1. The van der Waals surface area contributed by atoms with Crippen molar-refractivity contribution >= 4 is 0 Å². The lowest BCUT2D eigenvalue weighted by molar-refractivity contribution is -0.186. The van der Waals surface area contributed by atoms with E-state index in [0.29, 0.717) is 12.8 Å². The zero-order valence-corrected chi connectivity index (χ0v) is 6.19. The predicted molar refractivity (Wildman–Crippen MR) is 36.0 cm³/mol. The van der Waals surface area contributed by atoms with Gasteiger partial charge in [0.25, 0.3) is 0 Å². The average molecular weight is 167 g/mol. The van der Waals surface area contributed by atoms with Gasteiger partial charge in [-0.05, 0) is 12.8 Å². The molecule has 0 bridgehead atoms. The third-order valence-electron chi connectivity index (χ3n) is 2.24. The van der Waals surface area contributed by atoms with E-state index in [1.54, 1.807) is 0 Å². The Balaban J connectivity index is 2.55. The molecule has 0 saturated heterocycles. The SMILES string of the molecule is N[C@H]1CCCC[C@@H]1C(F)(F)F. The largest absolute Gasteiger partial charge is 0.393 e. The minimum Gasteiger partial charge on any atom is -0.327 e. The summed E-state index contributed by atoms with van der Waals surface area (Å²) in [6.45, 7) is 0. The van der Waals surface area contributed by atoms with Gasteiger partial charge in [-0.15, -0.1) is 0 Å². The first kappa shape index (κ1) is 8.84. The number of alkyl halides is 3. The van der Waals surface area contributed by atoms with E-state index in [9.17, 15) is 13.2 Å². The van der Waals surface area contributed by atoms with Gasteiger partial charge in [0.15, 0.2) is 0 Å². The van der Waals surface area contributed by atoms with E-state index < -0.39 is 18.1 Å². The van der Waals surface area contributed by atoms with Crippen molar-refractivity contribution in [3.8, 4) is 0 Å². The van der Waals surface area contributed by atoms with Crippen LogP contribution in [0.5, 0.6) is 0 Å². The lowest BCUT2D eigenvalue weighted by atomic mass is 9.85. The van der Waals surface area contributed by atoms with Crippen LogP contribution in [0.2, 0.25) is 0 Å². The lowest BCUT2D eigenvalue weighted by Crippen LogP contribution is -2.41. The number of rotatable bonds is 0. The van der Waals surface area contributed by atoms with Gasteiger partial charge in [0.1, 0.15) is 0 Å². The summed E-state index contributed by atoms with van der Waals surface area (Å²) < 4.78 is 36.3. The fourth-order valence-electron chi connectivity index (χ4n) is 1.57. The maximum Gasteiger partial charge on any atom is 0.393 e. The summed E-state index contributed by atoms with van der Waals surface area (Å²) in [5.74, 6) is -1.25. The molecule has 0 unspecified atom stereocenters. The Hall–Kier alpha value is -0.250. The van der Waals surface area contributed by atoms with E-state index in [2.05, 4.69) is 0 Å². The molecule has 1 saturated carbocycles. The first-order chi connectivity index (χ1) is 5.02. The fourth-order valence-corrected chi connectivity index (χ4v) is 1.57. The normalized spacial score (nSPS) is 33.8. The zero-order valence-electron chi connectivity index (χ0n) is 6.19. The van der Waals surface area contributed by atoms with Gasteiger partial charge in [-0.3, -0.25) is 0 Å². The van der Waals surface area contributed by atoms with E-state index in [0.717, 1.165) is 6.42 Å². The molecular formula is C7H12F3N. The Morgan fingerprint density at radius 2 is 1.64 bits per heavy atom. The second-order valence-electron chi connectivity index (χ2n) is 3.10. The highest BCUT2D eigenvalue weighted by molar-refractivity contribution is 4.82. The van der Waals surface area contributed by atoms with Crippen LogP contribution >= 0.6 is 0 Å². The third kappa shape index (κ3) is 2.09. The molecule has 66 valence electrons. The Kier molecular flexibility index (Phi) is 2.42. The van der Waals surface area contributed by atoms with Gasteiger partial charge in [0.05, 0.1) is 5.92 Å². The molecule has 0 amide bonds. The van der Waals surface area contributed by atoms with Gasteiger partial charge in [0, 0.05) is 6.04 Å². The van der Waals surface area contributed by atoms with E-state index >= 15 is 0 Å². The molecule has 0 aromatic carbocycles. The Bertz CT molecular complexity index is 132. The molecule has 0 aliphatic heterocycles. The monoisotopic (exact) mass is 167 g/mol. The van der Waals surface area contributed by atoms with E-state index in [-0.39, 0.29) is 6.42 Å². The van der Waals surface area contributed by atoms with Crippen LogP contribution in [0.15, 0.2) is 0 Å². The van der Waals surface area contributed by atoms with Crippen LogP contribution in [-0.4, -0.2) is 12.2 Å². The van der Waals surface area contributed by atoms with Crippen LogP contribution in [0.1, 0.15) is 25.7 Å². The van der Waals surface area contributed by atoms with E-state index in [1.807, 2.05) is 0 Å². The van der Waals surface area contributed by atoms with Crippen molar-refractivity contribution in [3.63, 3.8) is 0 Å². The first-order valence-electron chi connectivity index (χ1n) is 3.84. The van der Waals surface area contributed by atoms with Gasteiger partial charge >= 0.3 is 6.18 Å². The molecule has 2 N–H and O–H groups in total. The predicted octanol–water partition coefficient (Wildman–Crippen LogP) is 2.07. The second kappa shape index (κ2) is 3.01. The van der Waals surface area contributed by atoms with Crippen LogP contribution in [0.4, 0.5) is 13.2 Å². The Morgan fingerprint density at radius 1 is 1.09 bits per heavy atom. The Labute approximate surface area is 63.8 Å².